The average molecular weight is 347 g/mol. The summed E-state index contributed by atoms with van der Waals surface area (Å²) in [6.45, 7) is 2.17. The highest BCUT2D eigenvalue weighted by atomic mass is 79.9. The number of benzene rings is 1. The number of nitrogens with one attached hydrogen (secondary N) is 1. The minimum atomic E-state index is -3.46. The Balaban J connectivity index is 2.15. The van der Waals surface area contributed by atoms with Gasteiger partial charge < -0.3 is 5.73 Å². The van der Waals surface area contributed by atoms with Gasteiger partial charge in [-0.25, -0.2) is 13.1 Å². The molecule has 0 radical (unpaired) electrons. The molecule has 106 valence electrons. The first-order chi connectivity index (χ1) is 8.88. The van der Waals surface area contributed by atoms with Gasteiger partial charge in [0.05, 0.1) is 4.90 Å². The van der Waals surface area contributed by atoms with Gasteiger partial charge in [-0.2, -0.15) is 0 Å². The topological polar surface area (TPSA) is 72.2 Å². The van der Waals surface area contributed by atoms with Gasteiger partial charge in [-0.1, -0.05) is 19.8 Å². The van der Waals surface area contributed by atoms with Crippen LogP contribution in [0, 0.1) is 5.92 Å². The molecule has 2 rings (SSSR count). The Morgan fingerprint density at radius 2 is 2.11 bits per heavy atom. The zero-order valence-corrected chi connectivity index (χ0v) is 13.3. The van der Waals surface area contributed by atoms with Gasteiger partial charge in [0.25, 0.3) is 0 Å². The molecule has 1 aromatic rings. The quantitative estimate of drug-likeness (QED) is 0.826. The molecule has 1 aromatic carbocycles. The second kappa shape index (κ2) is 5.81. The fraction of sp³-hybridized carbons (Fsp3) is 0.538. The summed E-state index contributed by atoms with van der Waals surface area (Å²) in [5.74, 6) is 0.583. The average Bonchev–Trinajstić information content (AvgIpc) is 2.32. The number of hydrogen-bond donors (Lipinski definition) is 2. The highest BCUT2D eigenvalue weighted by molar-refractivity contribution is 9.10. The van der Waals surface area contributed by atoms with Gasteiger partial charge >= 0.3 is 0 Å². The maximum Gasteiger partial charge on any atom is 0.240 e. The largest absolute Gasteiger partial charge is 0.398 e. The molecule has 6 heteroatoms. The van der Waals surface area contributed by atoms with E-state index < -0.39 is 10.0 Å². The molecule has 0 aromatic heterocycles. The Labute approximate surface area is 122 Å². The molecule has 0 heterocycles. The van der Waals surface area contributed by atoms with Gasteiger partial charge in [-0.3, -0.25) is 0 Å². The van der Waals surface area contributed by atoms with E-state index in [1.165, 1.54) is 12.5 Å². The number of nitrogens with two attached hydrogens (primary N) is 1. The Morgan fingerprint density at radius 3 is 2.74 bits per heavy atom. The van der Waals surface area contributed by atoms with Crippen LogP contribution in [0.15, 0.2) is 27.6 Å². The SMILES string of the molecule is CC1CCCC(NS(=O)(=O)c2ccc(N)c(Br)c2)C1. The van der Waals surface area contributed by atoms with Crippen LogP contribution < -0.4 is 10.5 Å². The van der Waals surface area contributed by atoms with Crippen LogP contribution >= 0.6 is 15.9 Å². The molecule has 1 fully saturated rings. The zero-order chi connectivity index (χ0) is 14.0. The van der Waals surface area contributed by atoms with Gasteiger partial charge in [-0.05, 0) is 52.9 Å². The summed E-state index contributed by atoms with van der Waals surface area (Å²) in [5, 5.41) is 0. The molecule has 0 spiro atoms. The van der Waals surface area contributed by atoms with Gasteiger partial charge in [-0.15, -0.1) is 0 Å². The number of hydrogen-bond acceptors (Lipinski definition) is 3. The van der Waals surface area contributed by atoms with Crippen LogP contribution in [0.2, 0.25) is 0 Å². The third kappa shape index (κ3) is 3.70. The van der Waals surface area contributed by atoms with E-state index >= 15 is 0 Å². The van der Waals surface area contributed by atoms with E-state index in [1.807, 2.05) is 0 Å². The van der Waals surface area contributed by atoms with Gasteiger partial charge in [0, 0.05) is 16.2 Å². The summed E-state index contributed by atoms with van der Waals surface area (Å²) in [4.78, 5) is 0.256. The number of anilines is 1. The molecular weight excluding hydrogens is 328 g/mol. The summed E-state index contributed by atoms with van der Waals surface area (Å²) < 4.78 is 28.0. The van der Waals surface area contributed by atoms with E-state index in [0.29, 0.717) is 16.1 Å². The summed E-state index contributed by atoms with van der Waals surface area (Å²) in [6, 6.07) is 4.73. The first-order valence-electron chi connectivity index (χ1n) is 6.46. The van der Waals surface area contributed by atoms with Crippen molar-refractivity contribution in [1.82, 2.24) is 4.72 Å². The first-order valence-corrected chi connectivity index (χ1v) is 8.73. The van der Waals surface area contributed by atoms with E-state index in [9.17, 15) is 8.42 Å². The minimum absolute atomic E-state index is 0.0464. The van der Waals surface area contributed by atoms with Crippen molar-refractivity contribution in [2.75, 3.05) is 5.73 Å². The molecule has 0 aliphatic heterocycles. The molecule has 2 unspecified atom stereocenters. The lowest BCUT2D eigenvalue weighted by molar-refractivity contribution is 0.327. The number of nitrogen functional groups attached to an aromatic ring is 1. The third-order valence-corrected chi connectivity index (χ3v) is 5.75. The van der Waals surface area contributed by atoms with Gasteiger partial charge in [0.15, 0.2) is 0 Å². The van der Waals surface area contributed by atoms with E-state index in [-0.39, 0.29) is 10.9 Å². The number of sulfonamides is 1. The summed E-state index contributed by atoms with van der Waals surface area (Å²) in [5.41, 5.74) is 6.20. The molecule has 4 nitrogen and oxygen atoms in total. The molecule has 1 aliphatic carbocycles. The van der Waals surface area contributed by atoms with Crippen LogP contribution in [-0.4, -0.2) is 14.5 Å². The molecule has 1 saturated carbocycles. The second-order valence-electron chi connectivity index (χ2n) is 5.27. The number of halogens is 1. The fourth-order valence-electron chi connectivity index (χ4n) is 2.50. The zero-order valence-electron chi connectivity index (χ0n) is 10.9. The number of rotatable bonds is 3. The van der Waals surface area contributed by atoms with Crippen molar-refractivity contribution in [1.29, 1.82) is 0 Å². The van der Waals surface area contributed by atoms with Gasteiger partial charge in [0.1, 0.15) is 0 Å². The van der Waals surface area contributed by atoms with Crippen molar-refractivity contribution in [3.8, 4) is 0 Å². The second-order valence-corrected chi connectivity index (χ2v) is 7.84. The molecule has 0 amide bonds. The van der Waals surface area contributed by atoms with E-state index in [1.54, 1.807) is 12.1 Å². The van der Waals surface area contributed by atoms with Crippen molar-refractivity contribution in [2.24, 2.45) is 5.92 Å². The first kappa shape index (κ1) is 14.8. The molecule has 2 atom stereocenters. The summed E-state index contributed by atoms with van der Waals surface area (Å²) in [7, 11) is -3.46. The predicted octanol–water partition coefficient (Wildman–Crippen LogP) is 2.89. The molecule has 0 bridgehead atoms. The smallest absolute Gasteiger partial charge is 0.240 e. The standard InChI is InChI=1S/C13H19BrN2O2S/c1-9-3-2-4-10(7-9)16-19(17,18)11-5-6-13(15)12(14)8-11/h5-6,8-10,16H,2-4,7,15H2,1H3. The Hall–Kier alpha value is -0.590. The van der Waals surface area contributed by atoms with Crippen LogP contribution in [0.4, 0.5) is 5.69 Å². The van der Waals surface area contributed by atoms with E-state index in [0.717, 1.165) is 19.3 Å². The van der Waals surface area contributed by atoms with E-state index in [4.69, 9.17) is 5.73 Å². The highest BCUT2D eigenvalue weighted by Gasteiger charge is 2.24. The molecular formula is C13H19BrN2O2S. The Morgan fingerprint density at radius 1 is 1.37 bits per heavy atom. The lowest BCUT2D eigenvalue weighted by atomic mass is 9.88. The molecule has 3 N–H and O–H groups in total. The summed E-state index contributed by atoms with van der Waals surface area (Å²) >= 11 is 3.26. The Kier molecular flexibility index (Phi) is 4.53. The summed E-state index contributed by atoms with van der Waals surface area (Å²) in [6.07, 6.45) is 4.10. The maximum absolute atomic E-state index is 12.3. The predicted molar refractivity (Wildman–Crippen MR) is 80.3 cm³/mol. The molecule has 1 aliphatic rings. The van der Waals surface area contributed by atoms with Crippen LogP contribution in [0.3, 0.4) is 0 Å². The van der Waals surface area contributed by atoms with Crippen molar-refractivity contribution in [3.05, 3.63) is 22.7 Å². The lowest BCUT2D eigenvalue weighted by Gasteiger charge is -2.27. The van der Waals surface area contributed by atoms with Crippen LogP contribution in [-0.2, 0) is 10.0 Å². The normalized spacial score (nSPS) is 24.3. The third-order valence-electron chi connectivity index (χ3n) is 3.54. The van der Waals surface area contributed by atoms with Gasteiger partial charge in [0.2, 0.25) is 10.0 Å². The van der Waals surface area contributed by atoms with Crippen LogP contribution in [0.5, 0.6) is 0 Å². The molecule has 19 heavy (non-hydrogen) atoms. The van der Waals surface area contributed by atoms with Crippen LogP contribution in [0.1, 0.15) is 32.6 Å². The van der Waals surface area contributed by atoms with Crippen molar-refractivity contribution >= 4 is 31.6 Å². The Bertz CT molecular complexity index is 560. The molecule has 0 saturated heterocycles. The maximum atomic E-state index is 12.3. The van der Waals surface area contributed by atoms with E-state index in [2.05, 4.69) is 27.6 Å². The highest BCUT2D eigenvalue weighted by Crippen LogP contribution is 2.26. The van der Waals surface area contributed by atoms with Crippen LogP contribution in [0.25, 0.3) is 0 Å². The lowest BCUT2D eigenvalue weighted by Crippen LogP contribution is -2.37. The van der Waals surface area contributed by atoms with Crippen molar-refractivity contribution < 1.29 is 8.42 Å². The fourth-order valence-corrected chi connectivity index (χ4v) is 4.34. The minimum Gasteiger partial charge on any atom is -0.398 e. The van der Waals surface area contributed by atoms with Crippen molar-refractivity contribution in [3.63, 3.8) is 0 Å². The monoisotopic (exact) mass is 346 g/mol. The van der Waals surface area contributed by atoms with Crippen molar-refractivity contribution in [2.45, 2.75) is 43.5 Å².